The number of hydrogen-bond acceptors (Lipinski definition) is 4. The average molecular weight is 358 g/mol. The van der Waals surface area contributed by atoms with E-state index in [0.29, 0.717) is 24.0 Å². The minimum atomic E-state index is -4.52. The molecule has 2 saturated carbocycles. The van der Waals surface area contributed by atoms with E-state index in [1.54, 1.807) is 0 Å². The minimum absolute atomic E-state index is 0.110. The summed E-state index contributed by atoms with van der Waals surface area (Å²) in [7, 11) is 0. The molecule has 9 heteroatoms. The number of nitrogens with two attached hydrogens (primary N) is 1. The van der Waals surface area contributed by atoms with Gasteiger partial charge in [-0.15, -0.1) is 0 Å². The summed E-state index contributed by atoms with van der Waals surface area (Å²) in [4.78, 5) is 16.7. The van der Waals surface area contributed by atoms with Crippen LogP contribution < -0.4 is 5.73 Å². The molecule has 2 aliphatic rings. The summed E-state index contributed by atoms with van der Waals surface area (Å²) < 4.78 is 38.9. The highest BCUT2D eigenvalue weighted by Gasteiger charge is 2.40. The fourth-order valence-electron chi connectivity index (χ4n) is 3.98. The zero-order chi connectivity index (χ0) is 18.2. The number of carbonyl (C=O) groups is 1. The van der Waals surface area contributed by atoms with Crippen molar-refractivity contribution in [2.45, 2.75) is 51.7 Å². The van der Waals surface area contributed by atoms with Gasteiger partial charge in [0.25, 0.3) is 0 Å². The number of oxime groups is 1. The first-order chi connectivity index (χ1) is 11.7. The summed E-state index contributed by atoms with van der Waals surface area (Å²) in [5, 5.41) is 6.99. The standard InChI is InChI=1S/C16H21F3N4O2/c1-9-4-13(16(17,18)19)21-23(9)8-14(20)22-25-15(24)7-12-6-10-2-3-11(12)5-10/h4,10-12H,2-3,5-8H2,1H3,(H2,20,22)/t10-,11-,12-/m0/s1. The van der Waals surface area contributed by atoms with Crippen LogP contribution in [0.25, 0.3) is 0 Å². The minimum Gasteiger partial charge on any atom is -0.383 e. The van der Waals surface area contributed by atoms with Crippen molar-refractivity contribution in [3.8, 4) is 0 Å². The van der Waals surface area contributed by atoms with E-state index < -0.39 is 17.8 Å². The SMILES string of the molecule is Cc1cc(C(F)(F)F)nn1C/C(N)=N\OC(=O)C[C@@H]1C[C@H]2CC[C@H]1C2. The van der Waals surface area contributed by atoms with Crippen molar-refractivity contribution in [1.82, 2.24) is 9.78 Å². The highest BCUT2D eigenvalue weighted by Crippen LogP contribution is 2.49. The van der Waals surface area contributed by atoms with Gasteiger partial charge in [0, 0.05) is 5.69 Å². The molecule has 0 spiro atoms. The number of hydrogen-bond donors (Lipinski definition) is 1. The maximum Gasteiger partial charge on any atom is 0.435 e. The topological polar surface area (TPSA) is 82.5 Å². The lowest BCUT2D eigenvalue weighted by Crippen LogP contribution is -2.23. The summed E-state index contributed by atoms with van der Waals surface area (Å²) >= 11 is 0. The summed E-state index contributed by atoms with van der Waals surface area (Å²) in [5.74, 6) is 1.13. The van der Waals surface area contributed by atoms with Crippen molar-refractivity contribution < 1.29 is 22.8 Å². The Kier molecular flexibility index (Phi) is 4.75. The second-order valence-corrected chi connectivity index (χ2v) is 7.01. The first kappa shape index (κ1) is 17.8. The smallest absolute Gasteiger partial charge is 0.383 e. The van der Waals surface area contributed by atoms with E-state index in [1.807, 2.05) is 0 Å². The quantitative estimate of drug-likeness (QED) is 0.380. The lowest BCUT2D eigenvalue weighted by atomic mass is 9.86. The second kappa shape index (κ2) is 6.68. The van der Waals surface area contributed by atoms with Crippen molar-refractivity contribution in [3.05, 3.63) is 17.5 Å². The van der Waals surface area contributed by atoms with Crippen LogP contribution in [0.15, 0.2) is 11.2 Å². The highest BCUT2D eigenvalue weighted by atomic mass is 19.4. The molecule has 138 valence electrons. The Labute approximate surface area is 143 Å². The molecule has 6 nitrogen and oxygen atoms in total. The third-order valence-corrected chi connectivity index (χ3v) is 5.16. The molecule has 2 N–H and O–H groups in total. The van der Waals surface area contributed by atoms with E-state index in [9.17, 15) is 18.0 Å². The van der Waals surface area contributed by atoms with Crippen LogP contribution in [0.2, 0.25) is 0 Å². The predicted molar refractivity (Wildman–Crippen MR) is 83.2 cm³/mol. The predicted octanol–water partition coefficient (Wildman–Crippen LogP) is 2.85. The fourth-order valence-corrected chi connectivity index (χ4v) is 3.98. The van der Waals surface area contributed by atoms with Gasteiger partial charge in [-0.05, 0) is 50.0 Å². The molecule has 1 heterocycles. The van der Waals surface area contributed by atoms with Gasteiger partial charge in [0.2, 0.25) is 0 Å². The van der Waals surface area contributed by atoms with Gasteiger partial charge in [-0.3, -0.25) is 4.68 Å². The Morgan fingerprint density at radius 2 is 2.20 bits per heavy atom. The van der Waals surface area contributed by atoms with Crippen LogP contribution >= 0.6 is 0 Å². The molecule has 1 aromatic rings. The van der Waals surface area contributed by atoms with Crippen molar-refractivity contribution in [2.75, 3.05) is 0 Å². The van der Waals surface area contributed by atoms with Gasteiger partial charge in [0.1, 0.15) is 6.54 Å². The van der Waals surface area contributed by atoms with Crippen LogP contribution in [-0.4, -0.2) is 21.6 Å². The van der Waals surface area contributed by atoms with Crippen molar-refractivity contribution in [3.63, 3.8) is 0 Å². The first-order valence-electron chi connectivity index (χ1n) is 8.36. The van der Waals surface area contributed by atoms with Crippen LogP contribution in [0.3, 0.4) is 0 Å². The van der Waals surface area contributed by atoms with E-state index >= 15 is 0 Å². The van der Waals surface area contributed by atoms with Crippen LogP contribution in [0.1, 0.15) is 43.5 Å². The third kappa shape index (κ3) is 4.13. The van der Waals surface area contributed by atoms with Gasteiger partial charge in [0.05, 0.1) is 6.42 Å². The van der Waals surface area contributed by atoms with Gasteiger partial charge < -0.3 is 10.6 Å². The number of aryl methyl sites for hydroxylation is 1. The molecule has 2 bridgehead atoms. The van der Waals surface area contributed by atoms with Gasteiger partial charge in [0.15, 0.2) is 11.5 Å². The van der Waals surface area contributed by atoms with E-state index in [1.165, 1.54) is 26.2 Å². The summed E-state index contributed by atoms with van der Waals surface area (Å²) in [5.41, 5.74) is 4.94. The van der Waals surface area contributed by atoms with Crippen LogP contribution in [0.5, 0.6) is 0 Å². The Bertz CT molecular complexity index is 683. The Morgan fingerprint density at radius 3 is 2.76 bits per heavy atom. The molecule has 0 aliphatic heterocycles. The molecule has 2 fully saturated rings. The molecular weight excluding hydrogens is 337 g/mol. The normalized spacial score (nSPS) is 26.2. The maximum absolute atomic E-state index is 12.6. The number of amidine groups is 1. The molecule has 0 radical (unpaired) electrons. The lowest BCUT2D eigenvalue weighted by molar-refractivity contribution is -0.145. The van der Waals surface area contributed by atoms with Gasteiger partial charge in [-0.2, -0.15) is 18.3 Å². The van der Waals surface area contributed by atoms with E-state index in [2.05, 4.69) is 10.3 Å². The number of fused-ring (bicyclic) bond motifs is 2. The number of rotatable bonds is 5. The second-order valence-electron chi connectivity index (χ2n) is 7.01. The van der Waals surface area contributed by atoms with Crippen LogP contribution in [0.4, 0.5) is 13.2 Å². The number of halogens is 3. The number of nitrogens with zero attached hydrogens (tertiary/aromatic N) is 3. The first-order valence-corrected chi connectivity index (χ1v) is 8.36. The molecule has 0 aromatic carbocycles. The molecule has 0 unspecified atom stereocenters. The number of alkyl halides is 3. The lowest BCUT2D eigenvalue weighted by Gasteiger charge is -2.19. The maximum atomic E-state index is 12.6. The molecule has 0 saturated heterocycles. The molecule has 3 atom stereocenters. The fraction of sp³-hybridized carbons (Fsp3) is 0.688. The average Bonchev–Trinajstić information content (AvgIpc) is 3.21. The zero-order valence-electron chi connectivity index (χ0n) is 13.9. The van der Waals surface area contributed by atoms with Crippen LogP contribution in [0, 0.1) is 24.7 Å². The van der Waals surface area contributed by atoms with Crippen molar-refractivity contribution in [1.29, 1.82) is 0 Å². The molecule has 0 amide bonds. The molecule has 1 aromatic heterocycles. The number of carbonyl (C=O) groups excluding carboxylic acids is 1. The molecule has 3 rings (SSSR count). The van der Waals surface area contributed by atoms with E-state index in [0.717, 1.165) is 23.1 Å². The molecule has 2 aliphatic carbocycles. The highest BCUT2D eigenvalue weighted by molar-refractivity contribution is 5.80. The van der Waals surface area contributed by atoms with E-state index in [-0.39, 0.29) is 12.4 Å². The van der Waals surface area contributed by atoms with Crippen molar-refractivity contribution >= 4 is 11.8 Å². The van der Waals surface area contributed by atoms with Gasteiger partial charge >= 0.3 is 12.1 Å². The molecular formula is C16H21F3N4O2. The van der Waals surface area contributed by atoms with E-state index in [4.69, 9.17) is 10.6 Å². The number of aromatic nitrogens is 2. The summed E-state index contributed by atoms with van der Waals surface area (Å²) in [6.07, 6.45) is 0.486. The molecule has 25 heavy (non-hydrogen) atoms. The summed E-state index contributed by atoms with van der Waals surface area (Å²) in [6, 6.07) is 0.925. The monoisotopic (exact) mass is 358 g/mol. The summed E-state index contributed by atoms with van der Waals surface area (Å²) in [6.45, 7) is 1.31. The zero-order valence-corrected chi connectivity index (χ0v) is 13.9. The van der Waals surface area contributed by atoms with Gasteiger partial charge in [-0.25, -0.2) is 4.79 Å². The Balaban J connectivity index is 1.52. The van der Waals surface area contributed by atoms with Gasteiger partial charge in [-0.1, -0.05) is 11.6 Å². The third-order valence-electron chi connectivity index (χ3n) is 5.16. The van der Waals surface area contributed by atoms with Crippen LogP contribution in [-0.2, 0) is 22.4 Å². The largest absolute Gasteiger partial charge is 0.435 e. The Morgan fingerprint density at radius 1 is 1.44 bits per heavy atom. The Hall–Kier alpha value is -2.06. The van der Waals surface area contributed by atoms with Crippen molar-refractivity contribution in [2.24, 2.45) is 28.6 Å².